The fourth-order valence-electron chi connectivity index (χ4n) is 9.13. The number of benzene rings is 1. The summed E-state index contributed by atoms with van der Waals surface area (Å²) in [6.45, 7) is 7.95. The van der Waals surface area contributed by atoms with E-state index in [1.807, 2.05) is 6.08 Å². The van der Waals surface area contributed by atoms with Crippen LogP contribution in [0.25, 0.3) is 0 Å². The van der Waals surface area contributed by atoms with Gasteiger partial charge in [0.1, 0.15) is 0 Å². The second-order valence-electron chi connectivity index (χ2n) is 12.0. The highest BCUT2D eigenvalue weighted by molar-refractivity contribution is 5.91. The van der Waals surface area contributed by atoms with E-state index in [9.17, 15) is 4.79 Å². The largest absolute Gasteiger partial charge is 0.378 e. The van der Waals surface area contributed by atoms with Crippen molar-refractivity contribution in [2.24, 2.45) is 29.1 Å². The topological polar surface area (TPSA) is 29.5 Å². The number of rotatable bonds is 2. The van der Waals surface area contributed by atoms with E-state index in [4.69, 9.17) is 4.74 Å². The maximum absolute atomic E-state index is 12.3. The Morgan fingerprint density at radius 1 is 1.03 bits per heavy atom. The molecule has 0 bridgehead atoms. The number of carbonyl (C=O) groups is 1. The van der Waals surface area contributed by atoms with Crippen LogP contribution < -0.4 is 4.90 Å². The van der Waals surface area contributed by atoms with Crippen LogP contribution in [0.3, 0.4) is 0 Å². The molecule has 1 saturated heterocycles. The van der Waals surface area contributed by atoms with Gasteiger partial charge in [-0.25, -0.2) is 0 Å². The molecule has 0 radical (unpaired) electrons. The zero-order valence-electron chi connectivity index (χ0n) is 20.6. The number of carbonyl (C=O) groups excluding carboxylic acids is 1. The van der Waals surface area contributed by atoms with Gasteiger partial charge in [0.15, 0.2) is 5.78 Å². The van der Waals surface area contributed by atoms with E-state index in [-0.39, 0.29) is 11.0 Å². The van der Waals surface area contributed by atoms with E-state index < -0.39 is 0 Å². The standard InChI is InChI=1S/C30H39NO2/c1-19-14-16-33-30(19)15-13-27-25-11-7-21-17-23(32)10-12-24(21)28(25)26(18-29(27,30)2)20-5-8-22(9-6-20)31(3)4/h5-6,8-9,17,24-28H,1,7,10-16,18H2,2-4H3/t24?,25-,26+,27-,28+,29-,30+/m0/s1. The van der Waals surface area contributed by atoms with Crippen molar-refractivity contribution in [3.8, 4) is 0 Å². The summed E-state index contributed by atoms with van der Waals surface area (Å²) in [5, 5.41) is 0. The van der Waals surface area contributed by atoms with Crippen molar-refractivity contribution in [2.75, 3.05) is 25.6 Å². The van der Waals surface area contributed by atoms with Gasteiger partial charge in [-0.1, -0.05) is 31.2 Å². The van der Waals surface area contributed by atoms with Crippen LogP contribution in [0.5, 0.6) is 0 Å². The fourth-order valence-corrected chi connectivity index (χ4v) is 9.13. The lowest BCUT2D eigenvalue weighted by Crippen LogP contribution is -2.55. The first-order valence-electron chi connectivity index (χ1n) is 13.2. The molecule has 5 aliphatic rings. The van der Waals surface area contributed by atoms with Crippen LogP contribution >= 0.6 is 0 Å². The zero-order valence-corrected chi connectivity index (χ0v) is 20.6. The molecule has 4 fully saturated rings. The van der Waals surface area contributed by atoms with E-state index >= 15 is 0 Å². The Morgan fingerprint density at radius 2 is 1.82 bits per heavy atom. The number of hydrogen-bond acceptors (Lipinski definition) is 3. The highest BCUT2D eigenvalue weighted by Gasteiger charge is 2.67. The molecule has 176 valence electrons. The molecule has 4 aliphatic carbocycles. The van der Waals surface area contributed by atoms with Crippen molar-refractivity contribution < 1.29 is 9.53 Å². The minimum absolute atomic E-state index is 0.122. The summed E-state index contributed by atoms with van der Waals surface area (Å²) in [6.07, 6.45) is 10.8. The van der Waals surface area contributed by atoms with Gasteiger partial charge in [-0.15, -0.1) is 0 Å². The van der Waals surface area contributed by atoms with Crippen molar-refractivity contribution in [3.63, 3.8) is 0 Å². The summed E-state index contributed by atoms with van der Waals surface area (Å²) in [6, 6.07) is 9.35. The third-order valence-electron chi connectivity index (χ3n) is 10.6. The predicted octanol–water partition coefficient (Wildman–Crippen LogP) is 6.30. The van der Waals surface area contributed by atoms with Gasteiger partial charge in [-0.05, 0) is 104 Å². The van der Waals surface area contributed by atoms with Crippen LogP contribution in [-0.4, -0.2) is 32.1 Å². The Kier molecular flexibility index (Phi) is 4.96. The number of allylic oxidation sites excluding steroid dienone is 1. The van der Waals surface area contributed by atoms with E-state index in [0.29, 0.717) is 35.4 Å². The third-order valence-corrected chi connectivity index (χ3v) is 10.6. The summed E-state index contributed by atoms with van der Waals surface area (Å²) >= 11 is 0. The van der Waals surface area contributed by atoms with Crippen LogP contribution in [0.2, 0.25) is 0 Å². The van der Waals surface area contributed by atoms with Crippen LogP contribution in [0.1, 0.15) is 69.8 Å². The number of nitrogens with zero attached hydrogens (tertiary/aromatic N) is 1. The number of hydrogen-bond donors (Lipinski definition) is 0. The maximum atomic E-state index is 12.3. The number of anilines is 1. The quantitative estimate of drug-likeness (QED) is 0.500. The number of ketones is 1. The molecule has 1 heterocycles. The Balaban J connectivity index is 1.45. The molecule has 1 spiro atoms. The Labute approximate surface area is 199 Å². The Bertz CT molecular complexity index is 1010. The summed E-state index contributed by atoms with van der Waals surface area (Å²) in [4.78, 5) is 14.4. The van der Waals surface area contributed by atoms with Crippen molar-refractivity contribution in [1.82, 2.24) is 0 Å². The van der Waals surface area contributed by atoms with Gasteiger partial charge in [0.25, 0.3) is 0 Å². The molecule has 6 rings (SSSR count). The highest BCUT2D eigenvalue weighted by Crippen LogP contribution is 2.71. The molecule has 0 amide bonds. The van der Waals surface area contributed by atoms with Crippen molar-refractivity contribution in [2.45, 2.75) is 69.8 Å². The SMILES string of the molecule is C=C1CCO[C@]12CC[C@H]1[C@@H]3CCC4=CC(=O)CCC4[C@H]3[C@@H](c3ccc(N(C)C)cc3)C[C@@]12C. The lowest BCUT2D eigenvalue weighted by atomic mass is 9.46. The van der Waals surface area contributed by atoms with Gasteiger partial charge >= 0.3 is 0 Å². The van der Waals surface area contributed by atoms with E-state index in [2.05, 4.69) is 56.8 Å². The summed E-state index contributed by atoms with van der Waals surface area (Å²) in [5.41, 5.74) is 5.58. The first-order chi connectivity index (χ1) is 15.8. The Hall–Kier alpha value is -1.87. The van der Waals surface area contributed by atoms with E-state index in [1.54, 1.807) is 0 Å². The van der Waals surface area contributed by atoms with Gasteiger partial charge in [-0.2, -0.15) is 0 Å². The normalized spacial score (nSPS) is 42.0. The molecule has 0 aromatic heterocycles. The van der Waals surface area contributed by atoms with E-state index in [1.165, 1.54) is 41.7 Å². The van der Waals surface area contributed by atoms with Gasteiger partial charge in [0.05, 0.1) is 12.2 Å². The molecule has 1 aliphatic heterocycles. The minimum atomic E-state index is -0.122. The molecule has 0 N–H and O–H groups in total. The average molecular weight is 446 g/mol. The molecule has 3 heteroatoms. The van der Waals surface area contributed by atoms with Crippen molar-refractivity contribution in [1.29, 1.82) is 0 Å². The van der Waals surface area contributed by atoms with Gasteiger partial charge in [0, 0.05) is 31.6 Å². The summed E-state index contributed by atoms with van der Waals surface area (Å²) in [7, 11) is 4.22. The second kappa shape index (κ2) is 7.57. The second-order valence-corrected chi connectivity index (χ2v) is 12.0. The minimum Gasteiger partial charge on any atom is -0.378 e. The summed E-state index contributed by atoms with van der Waals surface area (Å²) < 4.78 is 6.66. The zero-order chi connectivity index (χ0) is 23.0. The predicted molar refractivity (Wildman–Crippen MR) is 133 cm³/mol. The Morgan fingerprint density at radius 3 is 2.52 bits per heavy atom. The smallest absolute Gasteiger partial charge is 0.155 e. The van der Waals surface area contributed by atoms with E-state index in [0.717, 1.165) is 38.7 Å². The highest BCUT2D eigenvalue weighted by atomic mass is 16.5. The average Bonchev–Trinajstić information content (AvgIpc) is 3.33. The lowest BCUT2D eigenvalue weighted by Gasteiger charge is -2.59. The molecule has 1 unspecified atom stereocenters. The molecule has 1 aromatic rings. The molecule has 1 aromatic carbocycles. The molecule has 3 saturated carbocycles. The van der Waals surface area contributed by atoms with Crippen LogP contribution in [0.15, 0.2) is 48.1 Å². The molecule has 3 nitrogen and oxygen atoms in total. The van der Waals surface area contributed by atoms with Gasteiger partial charge < -0.3 is 9.64 Å². The third kappa shape index (κ3) is 3.00. The van der Waals surface area contributed by atoms with Crippen LogP contribution in [-0.2, 0) is 9.53 Å². The lowest BCUT2D eigenvalue weighted by molar-refractivity contribution is -0.122. The molecule has 33 heavy (non-hydrogen) atoms. The van der Waals surface area contributed by atoms with Crippen LogP contribution in [0.4, 0.5) is 5.69 Å². The monoisotopic (exact) mass is 445 g/mol. The molecular weight excluding hydrogens is 406 g/mol. The number of fused-ring (bicyclic) bond motifs is 6. The fraction of sp³-hybridized carbons (Fsp3) is 0.633. The first-order valence-corrected chi connectivity index (χ1v) is 13.2. The van der Waals surface area contributed by atoms with Crippen molar-refractivity contribution >= 4 is 11.5 Å². The van der Waals surface area contributed by atoms with Crippen LogP contribution in [0, 0.1) is 29.1 Å². The van der Waals surface area contributed by atoms with Gasteiger partial charge in [-0.3, -0.25) is 4.79 Å². The van der Waals surface area contributed by atoms with Gasteiger partial charge in [0.2, 0.25) is 0 Å². The summed E-state index contributed by atoms with van der Waals surface area (Å²) in [5.74, 6) is 3.51. The molecule has 7 atom stereocenters. The maximum Gasteiger partial charge on any atom is 0.155 e. The number of ether oxygens (including phenoxy) is 1. The van der Waals surface area contributed by atoms with Crippen molar-refractivity contribution in [3.05, 3.63) is 53.6 Å². The molecular formula is C30H39NO2. The first kappa shape index (κ1) is 21.6.